The molecule has 3 aliphatic rings. The number of benzene rings is 1. The number of aliphatic hydroxyl groups excluding tert-OH is 1. The van der Waals surface area contributed by atoms with Gasteiger partial charge in [0.25, 0.3) is 0 Å². The highest BCUT2D eigenvalue weighted by atomic mass is 19.1. The van der Waals surface area contributed by atoms with Crippen LogP contribution >= 0.6 is 0 Å². The third kappa shape index (κ3) is 1.91. The predicted octanol–water partition coefficient (Wildman–Crippen LogP) is 2.49. The largest absolute Gasteiger partial charge is 0.387 e. The number of hydrogen-bond acceptors (Lipinski definition) is 2. The van der Waals surface area contributed by atoms with Crippen molar-refractivity contribution < 1.29 is 9.50 Å². The van der Waals surface area contributed by atoms with E-state index >= 15 is 0 Å². The van der Waals surface area contributed by atoms with Crippen LogP contribution in [0.5, 0.6) is 0 Å². The van der Waals surface area contributed by atoms with Crippen LogP contribution in [0.25, 0.3) is 0 Å². The number of rotatable bonds is 4. The van der Waals surface area contributed by atoms with Gasteiger partial charge in [-0.3, -0.25) is 0 Å². The fourth-order valence-corrected chi connectivity index (χ4v) is 4.68. The lowest BCUT2D eigenvalue weighted by Gasteiger charge is -2.15. The lowest BCUT2D eigenvalue weighted by atomic mass is 10.0. The van der Waals surface area contributed by atoms with E-state index in [-0.39, 0.29) is 5.82 Å². The van der Waals surface area contributed by atoms with Crippen molar-refractivity contribution in [1.82, 2.24) is 5.32 Å². The Bertz CT molecular complexity index is 475. The molecule has 0 aromatic heterocycles. The highest BCUT2D eigenvalue weighted by Crippen LogP contribution is 2.65. The molecule has 3 saturated carbocycles. The molecule has 2 bridgehead atoms. The van der Waals surface area contributed by atoms with Crippen molar-refractivity contribution in [2.75, 3.05) is 6.54 Å². The van der Waals surface area contributed by atoms with Gasteiger partial charge in [-0.2, -0.15) is 0 Å². The second-order valence-electron chi connectivity index (χ2n) is 6.49. The van der Waals surface area contributed by atoms with Gasteiger partial charge in [0.15, 0.2) is 0 Å². The Kier molecular flexibility index (Phi) is 2.68. The van der Waals surface area contributed by atoms with E-state index in [0.29, 0.717) is 18.2 Å². The molecule has 0 heterocycles. The molecule has 0 saturated heterocycles. The molecule has 5 unspecified atom stereocenters. The van der Waals surface area contributed by atoms with Gasteiger partial charge in [0.1, 0.15) is 5.82 Å². The molecule has 5 atom stereocenters. The maximum absolute atomic E-state index is 13.1. The summed E-state index contributed by atoms with van der Waals surface area (Å²) in [6.45, 7) is 0.542. The summed E-state index contributed by atoms with van der Waals surface area (Å²) in [5, 5.41) is 13.6. The molecular weight excluding hydrogens is 241 g/mol. The maximum atomic E-state index is 13.1. The third-order valence-electron chi connectivity index (χ3n) is 5.52. The second-order valence-corrected chi connectivity index (χ2v) is 6.49. The van der Waals surface area contributed by atoms with E-state index in [0.717, 1.165) is 23.7 Å². The molecule has 0 aliphatic heterocycles. The number of halogens is 1. The zero-order chi connectivity index (χ0) is 13.0. The molecule has 3 fully saturated rings. The molecule has 2 N–H and O–H groups in total. The van der Waals surface area contributed by atoms with Crippen LogP contribution in [0.4, 0.5) is 4.39 Å². The predicted molar refractivity (Wildman–Crippen MR) is 71.0 cm³/mol. The van der Waals surface area contributed by atoms with Crippen molar-refractivity contribution >= 4 is 0 Å². The van der Waals surface area contributed by atoms with Crippen molar-refractivity contribution in [1.29, 1.82) is 0 Å². The van der Waals surface area contributed by atoms with Crippen LogP contribution in [0.2, 0.25) is 0 Å². The van der Waals surface area contributed by atoms with Gasteiger partial charge in [0.2, 0.25) is 0 Å². The first-order valence-corrected chi connectivity index (χ1v) is 7.41. The van der Waals surface area contributed by atoms with E-state index in [1.807, 2.05) is 0 Å². The summed E-state index contributed by atoms with van der Waals surface area (Å²) in [7, 11) is 0. The molecule has 3 heteroatoms. The van der Waals surface area contributed by atoms with Gasteiger partial charge in [-0.05, 0) is 60.6 Å². The first-order valence-electron chi connectivity index (χ1n) is 7.41. The van der Waals surface area contributed by atoms with Gasteiger partial charge < -0.3 is 10.4 Å². The normalized spacial score (nSPS) is 40.2. The van der Waals surface area contributed by atoms with Gasteiger partial charge in [0.05, 0.1) is 6.10 Å². The summed E-state index contributed by atoms with van der Waals surface area (Å²) in [5.74, 6) is 3.35. The van der Waals surface area contributed by atoms with Crippen molar-refractivity contribution in [3.8, 4) is 0 Å². The van der Waals surface area contributed by atoms with Crippen LogP contribution in [-0.4, -0.2) is 17.7 Å². The number of aliphatic hydroxyl groups is 1. The fraction of sp³-hybridized carbons (Fsp3) is 0.625. The van der Waals surface area contributed by atoms with Crippen LogP contribution in [0.15, 0.2) is 24.3 Å². The Morgan fingerprint density at radius 2 is 2.00 bits per heavy atom. The van der Waals surface area contributed by atoms with Crippen LogP contribution in [0.1, 0.15) is 30.9 Å². The van der Waals surface area contributed by atoms with Gasteiger partial charge in [-0.25, -0.2) is 4.39 Å². The van der Waals surface area contributed by atoms with Crippen molar-refractivity contribution in [3.05, 3.63) is 35.6 Å². The molecule has 1 aromatic rings. The summed E-state index contributed by atoms with van der Waals surface area (Å²) in [6.07, 6.45) is 3.67. The van der Waals surface area contributed by atoms with Crippen LogP contribution in [-0.2, 0) is 0 Å². The van der Waals surface area contributed by atoms with E-state index < -0.39 is 6.10 Å². The van der Waals surface area contributed by atoms with Gasteiger partial charge in [-0.15, -0.1) is 0 Å². The minimum absolute atomic E-state index is 0.280. The molecule has 0 spiro atoms. The molecule has 0 amide bonds. The SMILES string of the molecule is OC(CNC1C2C3CCC(C3)C12)c1cccc(F)c1. The molecule has 3 aliphatic carbocycles. The molecule has 4 rings (SSSR count). The Morgan fingerprint density at radius 1 is 1.26 bits per heavy atom. The summed E-state index contributed by atoms with van der Waals surface area (Å²) in [4.78, 5) is 0. The average molecular weight is 261 g/mol. The lowest BCUT2D eigenvalue weighted by molar-refractivity contribution is 0.171. The molecule has 0 radical (unpaired) electrons. The molecule has 102 valence electrons. The van der Waals surface area contributed by atoms with Crippen molar-refractivity contribution in [2.24, 2.45) is 23.7 Å². The zero-order valence-electron chi connectivity index (χ0n) is 10.9. The zero-order valence-corrected chi connectivity index (χ0v) is 10.9. The maximum Gasteiger partial charge on any atom is 0.123 e. The highest BCUT2D eigenvalue weighted by molar-refractivity contribution is 5.20. The Morgan fingerprint density at radius 3 is 2.68 bits per heavy atom. The number of hydrogen-bond donors (Lipinski definition) is 2. The monoisotopic (exact) mass is 261 g/mol. The summed E-state index contributed by atoms with van der Waals surface area (Å²) in [6, 6.07) is 6.89. The van der Waals surface area contributed by atoms with E-state index in [2.05, 4.69) is 5.32 Å². The minimum atomic E-state index is -0.602. The average Bonchev–Trinajstić information content (AvgIpc) is 2.79. The van der Waals surface area contributed by atoms with Gasteiger partial charge in [0, 0.05) is 12.6 Å². The number of nitrogens with one attached hydrogen (secondary N) is 1. The quantitative estimate of drug-likeness (QED) is 0.873. The lowest BCUT2D eigenvalue weighted by Crippen LogP contribution is -2.27. The van der Waals surface area contributed by atoms with Crippen LogP contribution in [0, 0.1) is 29.5 Å². The van der Waals surface area contributed by atoms with Crippen molar-refractivity contribution in [3.63, 3.8) is 0 Å². The first-order chi connectivity index (χ1) is 9.24. The first kappa shape index (κ1) is 11.9. The Hall–Kier alpha value is -0.930. The van der Waals surface area contributed by atoms with E-state index in [9.17, 15) is 9.50 Å². The standard InChI is InChI=1S/C16H20FNO/c17-12-3-1-2-9(7-12)13(19)8-18-16-14-10-4-5-11(6-10)15(14)16/h1-3,7,10-11,13-16,18-19H,4-6,8H2. The fourth-order valence-electron chi connectivity index (χ4n) is 4.68. The third-order valence-corrected chi connectivity index (χ3v) is 5.52. The second kappa shape index (κ2) is 4.29. The van der Waals surface area contributed by atoms with Crippen molar-refractivity contribution in [2.45, 2.75) is 31.4 Å². The van der Waals surface area contributed by atoms with E-state index in [4.69, 9.17) is 0 Å². The van der Waals surface area contributed by atoms with Crippen LogP contribution < -0.4 is 5.32 Å². The highest BCUT2D eigenvalue weighted by Gasteiger charge is 2.64. The summed E-state index contributed by atoms with van der Waals surface area (Å²) < 4.78 is 13.1. The topological polar surface area (TPSA) is 32.3 Å². The minimum Gasteiger partial charge on any atom is -0.387 e. The Balaban J connectivity index is 1.34. The Labute approximate surface area is 113 Å². The molecule has 19 heavy (non-hydrogen) atoms. The molecular formula is C16H20FNO. The number of fused-ring (bicyclic) bond motifs is 5. The van der Waals surface area contributed by atoms with Crippen LogP contribution in [0.3, 0.4) is 0 Å². The van der Waals surface area contributed by atoms with Gasteiger partial charge >= 0.3 is 0 Å². The van der Waals surface area contributed by atoms with E-state index in [1.54, 1.807) is 12.1 Å². The molecule has 2 nitrogen and oxygen atoms in total. The molecule has 1 aromatic carbocycles. The smallest absolute Gasteiger partial charge is 0.123 e. The summed E-state index contributed by atoms with van der Waals surface area (Å²) >= 11 is 0. The van der Waals surface area contributed by atoms with E-state index in [1.165, 1.54) is 31.4 Å². The summed E-state index contributed by atoms with van der Waals surface area (Å²) in [5.41, 5.74) is 0.668. The van der Waals surface area contributed by atoms with Gasteiger partial charge in [-0.1, -0.05) is 12.1 Å².